The third-order valence-corrected chi connectivity index (χ3v) is 8.78. The fourth-order valence-electron chi connectivity index (χ4n) is 8.61. The average molecular weight is 326 g/mol. The number of hydrogen-bond acceptors (Lipinski definition) is 2. The van der Waals surface area contributed by atoms with Gasteiger partial charge < -0.3 is 4.74 Å². The molecule has 24 heavy (non-hydrogen) atoms. The second-order valence-corrected chi connectivity index (χ2v) is 10.2. The number of rotatable bonds is 1. The first kappa shape index (κ1) is 14.4. The Hall–Kier alpha value is -0.790. The van der Waals surface area contributed by atoms with Crippen molar-refractivity contribution in [3.05, 3.63) is 11.1 Å². The van der Waals surface area contributed by atoms with Gasteiger partial charge in [-0.1, -0.05) is 11.1 Å². The van der Waals surface area contributed by atoms with Crippen molar-refractivity contribution >= 4 is 5.97 Å². The molecule has 2 nitrogen and oxygen atoms in total. The predicted molar refractivity (Wildman–Crippen MR) is 92.1 cm³/mol. The van der Waals surface area contributed by atoms with Crippen LogP contribution in [-0.4, -0.2) is 12.1 Å². The fraction of sp³-hybridized carbons (Fsp3) is 0.864. The van der Waals surface area contributed by atoms with Crippen molar-refractivity contribution in [1.82, 2.24) is 0 Å². The highest BCUT2D eigenvalue weighted by atomic mass is 16.5. The highest BCUT2D eigenvalue weighted by molar-refractivity contribution is 5.66. The first-order valence-corrected chi connectivity index (χ1v) is 10.6. The molecule has 0 spiro atoms. The van der Waals surface area contributed by atoms with Crippen molar-refractivity contribution in [3.63, 3.8) is 0 Å². The Balaban J connectivity index is 1.42. The maximum atomic E-state index is 11.7. The zero-order chi connectivity index (χ0) is 16.0. The van der Waals surface area contributed by atoms with Crippen molar-refractivity contribution in [1.29, 1.82) is 0 Å². The molecule has 0 saturated heterocycles. The molecule has 0 unspecified atom stereocenters. The molecule has 0 aromatic carbocycles. The second kappa shape index (κ2) is 4.89. The van der Waals surface area contributed by atoms with E-state index in [1.807, 2.05) is 11.1 Å². The topological polar surface area (TPSA) is 26.3 Å². The van der Waals surface area contributed by atoms with E-state index < -0.39 is 0 Å². The van der Waals surface area contributed by atoms with Gasteiger partial charge >= 0.3 is 5.97 Å². The van der Waals surface area contributed by atoms with Crippen molar-refractivity contribution in [2.45, 2.75) is 70.8 Å². The summed E-state index contributed by atoms with van der Waals surface area (Å²) in [5.74, 6) is 6.88. The van der Waals surface area contributed by atoms with E-state index in [2.05, 4.69) is 0 Å². The Morgan fingerprint density at radius 3 is 1.96 bits per heavy atom. The summed E-state index contributed by atoms with van der Waals surface area (Å²) in [5.41, 5.74) is 3.77. The Morgan fingerprint density at radius 1 is 0.750 bits per heavy atom. The molecule has 0 heterocycles. The number of ether oxygens (including phenoxy) is 1. The molecule has 8 saturated carbocycles. The van der Waals surface area contributed by atoms with Gasteiger partial charge in [0.25, 0.3) is 0 Å². The smallest absolute Gasteiger partial charge is 0.302 e. The molecule has 8 fully saturated rings. The maximum Gasteiger partial charge on any atom is 0.302 e. The van der Waals surface area contributed by atoms with E-state index in [1.54, 1.807) is 6.92 Å². The zero-order valence-corrected chi connectivity index (χ0v) is 14.9. The molecule has 0 amide bonds. The van der Waals surface area contributed by atoms with E-state index in [0.29, 0.717) is 11.8 Å². The number of carbonyl (C=O) groups excluding carboxylic acids is 1. The summed E-state index contributed by atoms with van der Waals surface area (Å²) in [5, 5.41) is 0. The van der Waals surface area contributed by atoms with E-state index >= 15 is 0 Å². The first-order chi connectivity index (χ1) is 11.7. The molecular weight excluding hydrogens is 296 g/mol. The van der Waals surface area contributed by atoms with Gasteiger partial charge in [0, 0.05) is 12.8 Å². The van der Waals surface area contributed by atoms with Crippen LogP contribution in [-0.2, 0) is 9.53 Å². The summed E-state index contributed by atoms with van der Waals surface area (Å²) >= 11 is 0. The maximum absolute atomic E-state index is 11.7. The summed E-state index contributed by atoms with van der Waals surface area (Å²) < 4.78 is 5.93. The summed E-state index contributed by atoms with van der Waals surface area (Å²) in [7, 11) is 0. The minimum atomic E-state index is -0.0538. The molecule has 0 aromatic heterocycles. The van der Waals surface area contributed by atoms with Crippen molar-refractivity contribution in [2.75, 3.05) is 0 Å². The number of hydrogen-bond donors (Lipinski definition) is 0. The van der Waals surface area contributed by atoms with Crippen LogP contribution in [0.4, 0.5) is 0 Å². The van der Waals surface area contributed by atoms with Crippen LogP contribution in [0, 0.1) is 47.3 Å². The van der Waals surface area contributed by atoms with E-state index in [-0.39, 0.29) is 12.1 Å². The van der Waals surface area contributed by atoms with Gasteiger partial charge in [0.15, 0.2) is 0 Å². The highest BCUT2D eigenvalue weighted by Crippen LogP contribution is 2.63. The lowest BCUT2D eigenvalue weighted by atomic mass is 9.47. The zero-order valence-electron chi connectivity index (χ0n) is 14.9. The Bertz CT molecular complexity index is 587. The van der Waals surface area contributed by atoms with Gasteiger partial charge in [-0.3, -0.25) is 4.79 Å². The molecule has 0 aromatic rings. The van der Waals surface area contributed by atoms with Gasteiger partial charge in [-0.15, -0.1) is 0 Å². The summed E-state index contributed by atoms with van der Waals surface area (Å²) in [4.78, 5) is 11.7. The van der Waals surface area contributed by atoms with Crippen molar-refractivity contribution < 1.29 is 9.53 Å². The summed E-state index contributed by atoms with van der Waals surface area (Å²) in [6.07, 6.45) is 13.1. The number of esters is 1. The third-order valence-electron chi connectivity index (χ3n) is 8.78. The molecule has 0 N–H and O–H groups in total. The normalized spacial score (nSPS) is 53.8. The molecule has 8 aliphatic carbocycles. The van der Waals surface area contributed by atoms with Gasteiger partial charge in [0.2, 0.25) is 0 Å². The lowest BCUT2D eigenvalue weighted by Gasteiger charge is -2.59. The third kappa shape index (κ3) is 1.92. The molecule has 0 radical (unpaired) electrons. The quantitative estimate of drug-likeness (QED) is 0.514. The van der Waals surface area contributed by atoms with Crippen LogP contribution >= 0.6 is 0 Å². The number of allylic oxidation sites excluding steroid dienone is 1. The number of carbonyl (C=O) groups is 1. The van der Waals surface area contributed by atoms with Crippen LogP contribution < -0.4 is 0 Å². The SMILES string of the molecule is CC(=O)O[C@H]1[C@H]2C[C@H]3C[C@H](C2)C(=C2C4CC5CC(C4)CC2C5)[C@@H]1C3. The Morgan fingerprint density at radius 2 is 1.33 bits per heavy atom. The van der Waals surface area contributed by atoms with Crippen LogP contribution in [0.5, 0.6) is 0 Å². The lowest BCUT2D eigenvalue weighted by molar-refractivity contribution is -0.162. The molecule has 8 bridgehead atoms. The lowest BCUT2D eigenvalue weighted by Crippen LogP contribution is -2.53. The van der Waals surface area contributed by atoms with Gasteiger partial charge in [-0.05, 0) is 99.2 Å². The molecule has 5 atom stereocenters. The van der Waals surface area contributed by atoms with E-state index in [0.717, 1.165) is 35.5 Å². The second-order valence-electron chi connectivity index (χ2n) is 10.2. The van der Waals surface area contributed by atoms with Crippen LogP contribution in [0.3, 0.4) is 0 Å². The van der Waals surface area contributed by atoms with Crippen molar-refractivity contribution in [3.8, 4) is 0 Å². The molecule has 2 heteroatoms. The average Bonchev–Trinajstić information content (AvgIpc) is 2.51. The minimum absolute atomic E-state index is 0.0538. The molecule has 8 aliphatic rings. The Labute approximate surface area is 145 Å². The van der Waals surface area contributed by atoms with Crippen LogP contribution in [0.1, 0.15) is 64.7 Å². The van der Waals surface area contributed by atoms with E-state index in [9.17, 15) is 4.79 Å². The summed E-state index contributed by atoms with van der Waals surface area (Å²) in [6.45, 7) is 1.61. The van der Waals surface area contributed by atoms with Crippen LogP contribution in [0.25, 0.3) is 0 Å². The van der Waals surface area contributed by atoms with Gasteiger partial charge in [-0.25, -0.2) is 0 Å². The fourth-order valence-corrected chi connectivity index (χ4v) is 8.61. The molecular formula is C22H30O2. The van der Waals surface area contributed by atoms with E-state index in [1.165, 1.54) is 57.8 Å². The molecule has 0 aliphatic heterocycles. The Kier molecular flexibility index (Phi) is 2.93. The largest absolute Gasteiger partial charge is 0.462 e. The predicted octanol–water partition coefficient (Wildman–Crippen LogP) is 4.74. The minimum Gasteiger partial charge on any atom is -0.462 e. The van der Waals surface area contributed by atoms with Gasteiger partial charge in [0.05, 0.1) is 0 Å². The van der Waals surface area contributed by atoms with Crippen molar-refractivity contribution in [2.24, 2.45) is 47.3 Å². The summed E-state index contributed by atoms with van der Waals surface area (Å²) in [6, 6.07) is 0. The van der Waals surface area contributed by atoms with Crippen LogP contribution in [0.2, 0.25) is 0 Å². The van der Waals surface area contributed by atoms with Crippen LogP contribution in [0.15, 0.2) is 11.1 Å². The highest BCUT2D eigenvalue weighted by Gasteiger charge is 2.55. The molecule has 8 rings (SSSR count). The first-order valence-electron chi connectivity index (χ1n) is 10.6. The monoisotopic (exact) mass is 326 g/mol. The van der Waals surface area contributed by atoms with Gasteiger partial charge in [0.1, 0.15) is 6.10 Å². The van der Waals surface area contributed by atoms with Gasteiger partial charge in [-0.2, -0.15) is 0 Å². The standard InChI is InChI=1S/C22H30O2/c1-11(23)24-22-18-8-14-7-17(10-18)21(19(22)9-14)20-15-3-12-2-13(5-15)6-16(20)4-12/h12-19,22H,2-10H2,1H3/t12?,13?,14-,15?,16?,17-,18+,19+,22+/m1/s1. The molecule has 130 valence electrons. The van der Waals surface area contributed by atoms with E-state index in [4.69, 9.17) is 4.74 Å².